The van der Waals surface area contributed by atoms with Crippen molar-refractivity contribution in [2.45, 2.75) is 31.8 Å². The standard InChI is InChI=1S/C24H27FN4O2/c25-19-5-3-7-21(17-19)27-24(30)29(18-23-8-4-16-31-23)22-10-14-28(15-11-22)13-9-20-6-1-2-12-26-20/h1-8,12,16-17,22H,9-11,13-15,18H2,(H,27,30). The van der Waals surface area contributed by atoms with Crippen LogP contribution >= 0.6 is 0 Å². The molecule has 1 fully saturated rings. The third-order valence-electron chi connectivity index (χ3n) is 5.65. The molecule has 7 heteroatoms. The zero-order valence-corrected chi connectivity index (χ0v) is 17.4. The molecule has 0 atom stereocenters. The number of pyridine rings is 1. The van der Waals surface area contributed by atoms with Crippen LogP contribution in [0.2, 0.25) is 0 Å². The van der Waals surface area contributed by atoms with E-state index < -0.39 is 0 Å². The summed E-state index contributed by atoms with van der Waals surface area (Å²) in [5.41, 5.74) is 1.54. The van der Waals surface area contributed by atoms with Crippen LogP contribution in [-0.4, -0.2) is 46.5 Å². The van der Waals surface area contributed by atoms with Gasteiger partial charge in [0.15, 0.2) is 0 Å². The first kappa shape index (κ1) is 21.1. The van der Waals surface area contributed by atoms with Crippen LogP contribution in [0.3, 0.4) is 0 Å². The van der Waals surface area contributed by atoms with E-state index in [4.69, 9.17) is 4.42 Å². The molecule has 1 aliphatic heterocycles. The molecule has 3 heterocycles. The van der Waals surface area contributed by atoms with Crippen molar-refractivity contribution in [1.29, 1.82) is 0 Å². The van der Waals surface area contributed by atoms with Crippen molar-refractivity contribution < 1.29 is 13.6 Å². The average molecular weight is 423 g/mol. The van der Waals surface area contributed by atoms with E-state index in [0.29, 0.717) is 12.2 Å². The van der Waals surface area contributed by atoms with Crippen LogP contribution in [0.25, 0.3) is 0 Å². The van der Waals surface area contributed by atoms with E-state index in [0.717, 1.165) is 50.4 Å². The molecule has 0 aliphatic carbocycles. The molecule has 0 spiro atoms. The van der Waals surface area contributed by atoms with Gasteiger partial charge in [-0.2, -0.15) is 0 Å². The number of carbonyl (C=O) groups excluding carboxylic acids is 1. The predicted molar refractivity (Wildman–Crippen MR) is 117 cm³/mol. The van der Waals surface area contributed by atoms with Crippen molar-refractivity contribution in [2.75, 3.05) is 25.0 Å². The molecule has 0 unspecified atom stereocenters. The number of anilines is 1. The van der Waals surface area contributed by atoms with Crippen LogP contribution in [-0.2, 0) is 13.0 Å². The van der Waals surface area contributed by atoms with E-state index in [9.17, 15) is 9.18 Å². The van der Waals surface area contributed by atoms with Crippen LogP contribution in [0.1, 0.15) is 24.3 Å². The van der Waals surface area contributed by atoms with E-state index in [2.05, 4.69) is 21.3 Å². The van der Waals surface area contributed by atoms with Crippen molar-refractivity contribution in [3.05, 3.63) is 84.3 Å². The lowest BCUT2D eigenvalue weighted by Crippen LogP contribution is -2.48. The number of benzene rings is 1. The minimum atomic E-state index is -0.378. The fraction of sp³-hybridized carbons (Fsp3) is 0.333. The number of carbonyl (C=O) groups is 1. The molecule has 0 bridgehead atoms. The molecule has 0 radical (unpaired) electrons. The maximum absolute atomic E-state index is 13.5. The number of urea groups is 1. The lowest BCUT2D eigenvalue weighted by Gasteiger charge is -2.38. The summed E-state index contributed by atoms with van der Waals surface area (Å²) in [5.74, 6) is 0.351. The van der Waals surface area contributed by atoms with Gasteiger partial charge in [-0.15, -0.1) is 0 Å². The maximum atomic E-state index is 13.5. The van der Waals surface area contributed by atoms with Crippen LogP contribution in [0, 0.1) is 5.82 Å². The summed E-state index contributed by atoms with van der Waals surface area (Å²) in [6.45, 7) is 3.17. The molecule has 2 amide bonds. The molecule has 162 valence electrons. The fourth-order valence-electron chi connectivity index (χ4n) is 3.97. The molecular weight excluding hydrogens is 395 g/mol. The van der Waals surface area contributed by atoms with Crippen LogP contribution in [0.15, 0.2) is 71.5 Å². The Hall–Kier alpha value is -3.19. The number of furan rings is 1. The summed E-state index contributed by atoms with van der Waals surface area (Å²) in [6, 6.07) is 15.5. The monoisotopic (exact) mass is 422 g/mol. The zero-order valence-electron chi connectivity index (χ0n) is 17.4. The van der Waals surface area contributed by atoms with Crippen molar-refractivity contribution in [1.82, 2.24) is 14.8 Å². The highest BCUT2D eigenvalue weighted by Crippen LogP contribution is 2.21. The molecule has 3 aromatic rings. The molecular formula is C24H27FN4O2. The van der Waals surface area contributed by atoms with Gasteiger partial charge >= 0.3 is 6.03 Å². The fourth-order valence-corrected chi connectivity index (χ4v) is 3.97. The lowest BCUT2D eigenvalue weighted by molar-refractivity contribution is 0.119. The molecule has 1 aliphatic rings. The Kier molecular flexibility index (Phi) is 6.94. The van der Waals surface area contributed by atoms with Crippen molar-refractivity contribution in [3.8, 4) is 0 Å². The normalized spacial score (nSPS) is 15.0. The summed E-state index contributed by atoms with van der Waals surface area (Å²) < 4.78 is 19.0. The van der Waals surface area contributed by atoms with Gasteiger partial charge in [0, 0.05) is 49.7 Å². The quantitative estimate of drug-likeness (QED) is 0.607. The number of nitrogens with zero attached hydrogens (tertiary/aromatic N) is 3. The molecule has 1 saturated heterocycles. The zero-order chi connectivity index (χ0) is 21.5. The second-order valence-corrected chi connectivity index (χ2v) is 7.79. The Bertz CT molecular complexity index is 957. The van der Waals surface area contributed by atoms with Gasteiger partial charge < -0.3 is 19.5 Å². The number of rotatable bonds is 7. The van der Waals surface area contributed by atoms with E-state index >= 15 is 0 Å². The van der Waals surface area contributed by atoms with Crippen molar-refractivity contribution in [3.63, 3.8) is 0 Å². The van der Waals surface area contributed by atoms with Gasteiger partial charge in [-0.3, -0.25) is 4.98 Å². The molecule has 0 saturated carbocycles. The van der Waals surface area contributed by atoms with Crippen LogP contribution in [0.4, 0.5) is 14.9 Å². The predicted octanol–water partition coefficient (Wildman–Crippen LogP) is 4.55. The molecule has 6 nitrogen and oxygen atoms in total. The van der Waals surface area contributed by atoms with Gasteiger partial charge in [-0.1, -0.05) is 12.1 Å². The number of aromatic nitrogens is 1. The number of hydrogen-bond acceptors (Lipinski definition) is 4. The van der Waals surface area contributed by atoms with E-state index in [-0.39, 0.29) is 17.9 Å². The third-order valence-corrected chi connectivity index (χ3v) is 5.65. The second kappa shape index (κ2) is 10.2. The largest absolute Gasteiger partial charge is 0.467 e. The number of halogens is 1. The first-order valence-corrected chi connectivity index (χ1v) is 10.7. The van der Waals surface area contributed by atoms with Gasteiger partial charge in [-0.05, 0) is 55.3 Å². The van der Waals surface area contributed by atoms with Crippen molar-refractivity contribution in [2.24, 2.45) is 0 Å². The van der Waals surface area contributed by atoms with Crippen LogP contribution in [0.5, 0.6) is 0 Å². The second-order valence-electron chi connectivity index (χ2n) is 7.79. The highest BCUT2D eigenvalue weighted by atomic mass is 19.1. The number of piperidine rings is 1. The highest BCUT2D eigenvalue weighted by Gasteiger charge is 2.29. The van der Waals surface area contributed by atoms with Gasteiger partial charge in [-0.25, -0.2) is 9.18 Å². The van der Waals surface area contributed by atoms with Gasteiger partial charge in [0.25, 0.3) is 0 Å². The minimum absolute atomic E-state index is 0.0877. The summed E-state index contributed by atoms with van der Waals surface area (Å²) in [4.78, 5) is 21.7. The summed E-state index contributed by atoms with van der Waals surface area (Å²) in [5, 5.41) is 2.83. The van der Waals surface area contributed by atoms with E-state index in [1.165, 1.54) is 12.1 Å². The Balaban J connectivity index is 1.37. The topological polar surface area (TPSA) is 61.6 Å². The lowest BCUT2D eigenvalue weighted by atomic mass is 10.0. The van der Waals surface area contributed by atoms with E-state index in [1.807, 2.05) is 30.5 Å². The minimum Gasteiger partial charge on any atom is -0.467 e. The Labute approximate surface area is 181 Å². The Morgan fingerprint density at radius 1 is 1.16 bits per heavy atom. The number of nitrogens with one attached hydrogen (secondary N) is 1. The van der Waals surface area contributed by atoms with Gasteiger partial charge in [0.05, 0.1) is 12.8 Å². The van der Waals surface area contributed by atoms with Gasteiger partial charge in [0.1, 0.15) is 11.6 Å². The average Bonchev–Trinajstić information content (AvgIpc) is 3.31. The van der Waals surface area contributed by atoms with Crippen molar-refractivity contribution >= 4 is 11.7 Å². The first-order chi connectivity index (χ1) is 15.2. The van der Waals surface area contributed by atoms with Crippen LogP contribution < -0.4 is 5.32 Å². The SMILES string of the molecule is O=C(Nc1cccc(F)c1)N(Cc1ccco1)C1CCN(CCc2ccccn2)CC1. The highest BCUT2D eigenvalue weighted by molar-refractivity contribution is 5.89. The maximum Gasteiger partial charge on any atom is 0.322 e. The third kappa shape index (κ3) is 5.92. The molecule has 4 rings (SSSR count). The summed E-state index contributed by atoms with van der Waals surface area (Å²) >= 11 is 0. The van der Waals surface area contributed by atoms with E-state index in [1.54, 1.807) is 23.3 Å². The summed E-state index contributed by atoms with van der Waals surface area (Å²) in [6.07, 6.45) is 6.10. The Morgan fingerprint density at radius 2 is 2.03 bits per heavy atom. The number of likely N-dealkylation sites (tertiary alicyclic amines) is 1. The molecule has 1 N–H and O–H groups in total. The smallest absolute Gasteiger partial charge is 0.322 e. The molecule has 31 heavy (non-hydrogen) atoms. The van der Waals surface area contributed by atoms with Gasteiger partial charge in [0.2, 0.25) is 0 Å². The number of amides is 2. The summed E-state index contributed by atoms with van der Waals surface area (Å²) in [7, 11) is 0. The number of hydrogen-bond donors (Lipinski definition) is 1. The Morgan fingerprint density at radius 3 is 2.74 bits per heavy atom. The first-order valence-electron chi connectivity index (χ1n) is 10.7. The molecule has 2 aromatic heterocycles. The molecule has 1 aromatic carbocycles.